The number of rotatable bonds is 12. The van der Waals surface area contributed by atoms with Crippen molar-refractivity contribution in [2.45, 2.75) is 165 Å². The molecule has 4 unspecified atom stereocenters. The van der Waals surface area contributed by atoms with Crippen molar-refractivity contribution >= 4 is 41.8 Å². The summed E-state index contributed by atoms with van der Waals surface area (Å²) in [6, 6.07) is 0. The molecular weight excluding hydrogens is 1090 g/mol. The number of ether oxygens (including phenoxy) is 8. The van der Waals surface area contributed by atoms with Gasteiger partial charge in [-0.2, -0.15) is 79.0 Å². The van der Waals surface area contributed by atoms with E-state index in [0.717, 1.165) is 0 Å². The van der Waals surface area contributed by atoms with E-state index < -0.39 is 181 Å². The molecule has 33 heteroatoms. The molecule has 428 valence electrons. The number of hydrogen-bond acceptors (Lipinski definition) is 15. The average Bonchev–Trinajstić information content (AvgIpc) is 3.62. The molecule has 5 rings (SSSR count). The fraction of sp³-hybridized carbons (Fsp3) is 0.833. The molecule has 15 atom stereocenters. The lowest BCUT2D eigenvalue weighted by atomic mass is 9.43. The van der Waals surface area contributed by atoms with Crippen LogP contribution in [0.3, 0.4) is 0 Å². The average molecular weight is 1130 g/mol. The van der Waals surface area contributed by atoms with Crippen LogP contribution in [0.25, 0.3) is 0 Å². The predicted molar refractivity (Wildman–Crippen MR) is 200 cm³/mol. The summed E-state index contributed by atoms with van der Waals surface area (Å²) in [7, 11) is 0. The van der Waals surface area contributed by atoms with Crippen LogP contribution in [0.5, 0.6) is 0 Å². The van der Waals surface area contributed by atoms with Crippen LogP contribution in [0, 0.1) is 46.3 Å². The summed E-state index contributed by atoms with van der Waals surface area (Å²) in [4.78, 5) is 85.0. The second-order valence-electron chi connectivity index (χ2n) is 19.4. The highest BCUT2D eigenvalue weighted by Gasteiger charge is 2.66. The van der Waals surface area contributed by atoms with Gasteiger partial charge in [0.1, 0.15) is 24.9 Å². The van der Waals surface area contributed by atoms with E-state index in [1.165, 1.54) is 0 Å². The van der Waals surface area contributed by atoms with Gasteiger partial charge in [0.25, 0.3) is 0 Å². The second kappa shape index (κ2) is 21.4. The Balaban J connectivity index is 1.41. The van der Waals surface area contributed by atoms with Crippen LogP contribution in [-0.4, -0.2) is 128 Å². The van der Waals surface area contributed by atoms with Gasteiger partial charge in [-0.3, -0.25) is 4.79 Å². The lowest BCUT2D eigenvalue weighted by Gasteiger charge is -2.62. The minimum atomic E-state index is -6.24. The van der Waals surface area contributed by atoms with Crippen LogP contribution in [0.4, 0.5) is 79.0 Å². The maximum atomic E-state index is 13.7. The monoisotopic (exact) mass is 1130 g/mol. The standard InChI is InChI=1S/C42H44F18O15/c1-15(18-5-6-19-24-20(9-11-36(18,19)3)35(2)10-8-17(69-30(63)38(46,47)48)12-16(35)13-21(24)71-31(64)39(49,50)51)4-7-23(61)72-28-27(75-34(67)42(58,59)60)26(74-33(66)41(55,56)57)25(73-32(65)40(52,53)54)22(70-28)14-68-29(62)37(43,44)45/h15-22,24-28H,4-14H2,1-3H3/t15-,16?,17-,18-,19?,20?,21+,22-,24?,25-,26+,27-,28-,35+,36-/m1/s1. The Labute approximate surface area is 410 Å². The van der Waals surface area contributed by atoms with E-state index in [4.69, 9.17) is 14.2 Å². The third-order valence-corrected chi connectivity index (χ3v) is 15.0. The third kappa shape index (κ3) is 13.8. The molecule has 75 heavy (non-hydrogen) atoms. The van der Waals surface area contributed by atoms with Crippen molar-refractivity contribution in [1.29, 1.82) is 0 Å². The molecule has 0 aromatic carbocycles. The fourth-order valence-corrected chi connectivity index (χ4v) is 11.8. The SMILES string of the molecule is C[C@H](CCC(=O)O[C@H]1O[C@H](COC(=O)C(F)(F)F)[C@@H](OC(=O)C(F)(F)F)[C@H](OC(=O)C(F)(F)F)[C@H]1OC(=O)C(F)(F)F)[C@H]1CCC2C3C(CC[C@@]21C)[C@@]1(C)CC[C@@H](OC(=O)C(F)(F)F)CC1C[C@@H]3OC(=O)C(F)(F)F. The predicted octanol–water partition coefficient (Wildman–Crippen LogP) is 8.42. The maximum absolute atomic E-state index is 13.7. The summed E-state index contributed by atoms with van der Waals surface area (Å²) >= 11 is 0. The molecule has 0 bridgehead atoms. The van der Waals surface area contributed by atoms with E-state index in [9.17, 15) is 113 Å². The van der Waals surface area contributed by atoms with Gasteiger partial charge in [0.05, 0.1) is 0 Å². The summed E-state index contributed by atoms with van der Waals surface area (Å²) in [6.45, 7) is 2.94. The Kier molecular flexibility index (Phi) is 17.4. The Morgan fingerprint density at radius 1 is 0.520 bits per heavy atom. The number of fused-ring (bicyclic) bond motifs is 5. The van der Waals surface area contributed by atoms with Gasteiger partial charge in [-0.1, -0.05) is 20.8 Å². The number of carbonyl (C=O) groups is 7. The first-order valence-electron chi connectivity index (χ1n) is 22.5. The van der Waals surface area contributed by atoms with Crippen molar-refractivity contribution in [3.05, 3.63) is 0 Å². The molecule has 0 amide bonds. The normalized spacial score (nSPS) is 33.8. The van der Waals surface area contributed by atoms with E-state index in [2.05, 4.69) is 23.7 Å². The Bertz CT molecular complexity index is 2160. The molecule has 4 aliphatic carbocycles. The van der Waals surface area contributed by atoms with Crippen molar-refractivity contribution < 1.29 is 150 Å². The number of halogens is 18. The van der Waals surface area contributed by atoms with Gasteiger partial charge in [-0.25, -0.2) is 28.8 Å². The molecule has 1 aliphatic heterocycles. The van der Waals surface area contributed by atoms with Crippen LogP contribution in [0.15, 0.2) is 0 Å². The van der Waals surface area contributed by atoms with Crippen molar-refractivity contribution in [3.8, 4) is 0 Å². The van der Waals surface area contributed by atoms with Gasteiger partial charge in [-0.05, 0) is 98.2 Å². The van der Waals surface area contributed by atoms with E-state index >= 15 is 0 Å². The maximum Gasteiger partial charge on any atom is 0.490 e. The van der Waals surface area contributed by atoms with Crippen molar-refractivity contribution in [3.63, 3.8) is 0 Å². The zero-order chi connectivity index (χ0) is 57.0. The summed E-state index contributed by atoms with van der Waals surface area (Å²) < 4.78 is 276. The number of carbonyl (C=O) groups excluding carboxylic acids is 7. The van der Waals surface area contributed by atoms with Gasteiger partial charge in [0, 0.05) is 12.3 Å². The molecule has 0 spiro atoms. The minimum absolute atomic E-state index is 0.0439. The number of alkyl halides is 18. The van der Waals surface area contributed by atoms with Crippen molar-refractivity contribution in [1.82, 2.24) is 0 Å². The van der Waals surface area contributed by atoms with Crippen LogP contribution in [0.2, 0.25) is 0 Å². The number of hydrogen-bond donors (Lipinski definition) is 0. The Hall–Kier alpha value is -5.01. The topological polar surface area (TPSA) is 193 Å². The van der Waals surface area contributed by atoms with E-state index in [0.29, 0.717) is 6.42 Å². The molecule has 5 aliphatic rings. The Morgan fingerprint density at radius 3 is 1.49 bits per heavy atom. The highest BCUT2D eigenvalue weighted by atomic mass is 19.4. The van der Waals surface area contributed by atoms with Crippen LogP contribution in [0.1, 0.15) is 85.0 Å². The lowest BCUT2D eigenvalue weighted by Crippen LogP contribution is -2.64. The summed E-state index contributed by atoms with van der Waals surface area (Å²) in [6.07, 6.45) is -55.6. The van der Waals surface area contributed by atoms with Gasteiger partial charge >= 0.3 is 78.8 Å². The van der Waals surface area contributed by atoms with Crippen LogP contribution >= 0.6 is 0 Å². The third-order valence-electron chi connectivity index (χ3n) is 15.0. The molecule has 1 heterocycles. The highest BCUT2D eigenvalue weighted by molar-refractivity contribution is 5.79. The van der Waals surface area contributed by atoms with E-state index in [1.807, 2.05) is 0 Å². The molecule has 0 aromatic rings. The van der Waals surface area contributed by atoms with Crippen LogP contribution in [-0.2, 0) is 71.5 Å². The summed E-state index contributed by atoms with van der Waals surface area (Å²) in [5, 5.41) is 0. The van der Waals surface area contributed by atoms with Gasteiger partial charge in [0.15, 0.2) is 12.2 Å². The van der Waals surface area contributed by atoms with Crippen molar-refractivity contribution in [2.75, 3.05) is 6.61 Å². The zero-order valence-electron chi connectivity index (χ0n) is 38.7. The molecule has 5 fully saturated rings. The van der Waals surface area contributed by atoms with E-state index in [-0.39, 0.29) is 51.4 Å². The molecule has 0 N–H and O–H groups in total. The van der Waals surface area contributed by atoms with E-state index in [1.54, 1.807) is 20.8 Å². The van der Waals surface area contributed by atoms with Gasteiger partial charge < -0.3 is 37.9 Å². The molecule has 0 radical (unpaired) electrons. The van der Waals surface area contributed by atoms with Crippen molar-refractivity contribution in [2.24, 2.45) is 46.3 Å². The quantitative estimate of drug-likeness (QED) is 0.103. The first-order valence-corrected chi connectivity index (χ1v) is 22.5. The molecule has 1 saturated heterocycles. The second-order valence-corrected chi connectivity index (χ2v) is 19.4. The fourth-order valence-electron chi connectivity index (χ4n) is 11.8. The molecule has 15 nitrogen and oxygen atoms in total. The summed E-state index contributed by atoms with van der Waals surface area (Å²) in [5.74, 6) is -24.1. The first-order chi connectivity index (χ1) is 34.0. The highest BCUT2D eigenvalue weighted by Crippen LogP contribution is 2.69. The minimum Gasteiger partial charge on any atom is -0.456 e. The van der Waals surface area contributed by atoms with Gasteiger partial charge in [-0.15, -0.1) is 0 Å². The first kappa shape index (κ1) is 60.9. The van der Waals surface area contributed by atoms with Crippen LogP contribution < -0.4 is 0 Å². The van der Waals surface area contributed by atoms with Gasteiger partial charge in [0.2, 0.25) is 12.4 Å². The smallest absolute Gasteiger partial charge is 0.456 e. The number of esters is 7. The largest absolute Gasteiger partial charge is 0.490 e. The Morgan fingerprint density at radius 2 is 0.973 bits per heavy atom. The lowest BCUT2D eigenvalue weighted by molar-refractivity contribution is -0.315. The molecule has 4 saturated carbocycles. The molecule has 0 aromatic heterocycles. The molecular formula is C42H44F18O15. The zero-order valence-corrected chi connectivity index (χ0v) is 38.7. The summed E-state index contributed by atoms with van der Waals surface area (Å²) in [5.41, 5.74) is -1.64.